The predicted octanol–water partition coefficient (Wildman–Crippen LogP) is 2.93. The van der Waals surface area contributed by atoms with Crippen LogP contribution < -0.4 is 11.1 Å². The Hall–Kier alpha value is -1.57. The summed E-state index contributed by atoms with van der Waals surface area (Å²) in [6.45, 7) is 5.77. The zero-order chi connectivity index (χ0) is 14.4. The Morgan fingerprint density at radius 2 is 2.14 bits per heavy atom. The van der Waals surface area contributed by atoms with Crippen LogP contribution in [0.3, 0.4) is 0 Å². The molecule has 0 aliphatic heterocycles. The normalized spacial score (nSPS) is 11.0. The highest BCUT2D eigenvalue weighted by molar-refractivity contribution is 14.0. The SMILES string of the molecule is Cc1ccc(NC(N)=NCCCn2ccnc2)cc1C.I. The molecule has 114 valence electrons. The fourth-order valence-corrected chi connectivity index (χ4v) is 1.88. The van der Waals surface area contributed by atoms with Gasteiger partial charge in [-0.3, -0.25) is 4.99 Å². The van der Waals surface area contributed by atoms with Crippen LogP contribution in [0.25, 0.3) is 0 Å². The van der Waals surface area contributed by atoms with E-state index >= 15 is 0 Å². The average Bonchev–Trinajstić information content (AvgIpc) is 2.92. The molecule has 1 heterocycles. The van der Waals surface area contributed by atoms with Crippen LogP contribution in [0.5, 0.6) is 0 Å². The third kappa shape index (κ3) is 5.74. The van der Waals surface area contributed by atoms with Gasteiger partial charge in [-0.05, 0) is 43.5 Å². The Kier molecular flexibility index (Phi) is 7.21. The first-order valence-electron chi connectivity index (χ1n) is 6.75. The molecule has 3 N–H and O–H groups in total. The van der Waals surface area contributed by atoms with Crippen molar-refractivity contribution in [1.29, 1.82) is 0 Å². The second-order valence-electron chi connectivity index (χ2n) is 4.85. The van der Waals surface area contributed by atoms with Crippen molar-refractivity contribution in [1.82, 2.24) is 9.55 Å². The van der Waals surface area contributed by atoms with Crippen molar-refractivity contribution in [2.45, 2.75) is 26.8 Å². The molecule has 0 aliphatic rings. The molecule has 0 saturated carbocycles. The van der Waals surface area contributed by atoms with E-state index < -0.39 is 0 Å². The third-order valence-electron chi connectivity index (χ3n) is 3.20. The highest BCUT2D eigenvalue weighted by atomic mass is 127. The number of nitrogens with zero attached hydrogens (tertiary/aromatic N) is 3. The van der Waals surface area contributed by atoms with E-state index in [2.05, 4.69) is 41.3 Å². The molecular formula is C15H22IN5. The minimum Gasteiger partial charge on any atom is -0.370 e. The van der Waals surface area contributed by atoms with Crippen molar-refractivity contribution in [2.75, 3.05) is 11.9 Å². The number of aryl methyl sites for hydroxylation is 3. The molecule has 2 rings (SSSR count). The van der Waals surface area contributed by atoms with E-state index in [0.29, 0.717) is 12.5 Å². The van der Waals surface area contributed by atoms with Crippen LogP contribution in [0, 0.1) is 13.8 Å². The highest BCUT2D eigenvalue weighted by Crippen LogP contribution is 2.13. The number of anilines is 1. The number of benzene rings is 1. The Bertz CT molecular complexity index is 578. The molecule has 0 unspecified atom stereocenters. The maximum Gasteiger partial charge on any atom is 0.193 e. The van der Waals surface area contributed by atoms with Crippen LogP contribution in [-0.2, 0) is 6.54 Å². The number of aliphatic imine (C=N–C) groups is 1. The summed E-state index contributed by atoms with van der Waals surface area (Å²) in [5, 5.41) is 3.11. The Morgan fingerprint density at radius 3 is 2.81 bits per heavy atom. The van der Waals surface area contributed by atoms with Gasteiger partial charge in [0.15, 0.2) is 5.96 Å². The molecule has 0 radical (unpaired) electrons. The monoisotopic (exact) mass is 399 g/mol. The molecule has 0 spiro atoms. The summed E-state index contributed by atoms with van der Waals surface area (Å²) in [6, 6.07) is 6.16. The number of guanidine groups is 1. The van der Waals surface area contributed by atoms with E-state index in [1.807, 2.05) is 16.8 Å². The number of hydrogen-bond acceptors (Lipinski definition) is 2. The Balaban J connectivity index is 0.00000220. The van der Waals surface area contributed by atoms with Crippen molar-refractivity contribution < 1.29 is 0 Å². The maximum atomic E-state index is 5.87. The van der Waals surface area contributed by atoms with Crippen LogP contribution >= 0.6 is 24.0 Å². The van der Waals surface area contributed by atoms with Crippen molar-refractivity contribution in [2.24, 2.45) is 10.7 Å². The zero-order valence-electron chi connectivity index (χ0n) is 12.4. The summed E-state index contributed by atoms with van der Waals surface area (Å²) in [7, 11) is 0. The van der Waals surface area contributed by atoms with Gasteiger partial charge < -0.3 is 15.6 Å². The van der Waals surface area contributed by atoms with Crippen LogP contribution in [0.4, 0.5) is 5.69 Å². The highest BCUT2D eigenvalue weighted by Gasteiger charge is 1.98. The van der Waals surface area contributed by atoms with E-state index in [9.17, 15) is 0 Å². The lowest BCUT2D eigenvalue weighted by Crippen LogP contribution is -2.23. The van der Waals surface area contributed by atoms with Crippen LogP contribution in [-0.4, -0.2) is 22.1 Å². The molecule has 5 nitrogen and oxygen atoms in total. The van der Waals surface area contributed by atoms with Crippen molar-refractivity contribution in [3.8, 4) is 0 Å². The van der Waals surface area contributed by atoms with Gasteiger partial charge in [0.1, 0.15) is 0 Å². The largest absolute Gasteiger partial charge is 0.370 e. The van der Waals surface area contributed by atoms with Gasteiger partial charge in [-0.2, -0.15) is 0 Å². The standard InChI is InChI=1S/C15H21N5.HI/c1-12-4-5-14(10-13(12)2)19-15(16)18-6-3-8-20-9-7-17-11-20;/h4-5,7,9-11H,3,6,8H2,1-2H3,(H3,16,18,19);1H. The molecule has 0 aliphatic carbocycles. The topological polar surface area (TPSA) is 68.2 Å². The summed E-state index contributed by atoms with van der Waals surface area (Å²) in [5.74, 6) is 0.457. The second-order valence-corrected chi connectivity index (χ2v) is 4.85. The van der Waals surface area contributed by atoms with E-state index in [0.717, 1.165) is 18.7 Å². The van der Waals surface area contributed by atoms with E-state index in [4.69, 9.17) is 5.73 Å². The summed E-state index contributed by atoms with van der Waals surface area (Å²) in [5.41, 5.74) is 9.36. The zero-order valence-corrected chi connectivity index (χ0v) is 14.7. The van der Waals surface area contributed by atoms with Gasteiger partial charge in [0, 0.05) is 31.2 Å². The molecule has 6 heteroatoms. The molecule has 1 aromatic heterocycles. The van der Waals surface area contributed by atoms with Gasteiger partial charge in [-0.15, -0.1) is 24.0 Å². The molecule has 0 fully saturated rings. The van der Waals surface area contributed by atoms with E-state index in [1.54, 1.807) is 12.5 Å². The number of halogens is 1. The molecule has 0 bridgehead atoms. The summed E-state index contributed by atoms with van der Waals surface area (Å²) >= 11 is 0. The molecule has 2 aromatic rings. The first kappa shape index (κ1) is 17.5. The Morgan fingerprint density at radius 1 is 1.33 bits per heavy atom. The van der Waals surface area contributed by atoms with E-state index in [-0.39, 0.29) is 24.0 Å². The summed E-state index contributed by atoms with van der Waals surface area (Å²) in [6.07, 6.45) is 6.46. The smallest absolute Gasteiger partial charge is 0.193 e. The molecule has 0 saturated heterocycles. The van der Waals surface area contributed by atoms with Gasteiger partial charge in [-0.25, -0.2) is 4.98 Å². The Labute approximate surface area is 142 Å². The third-order valence-corrected chi connectivity index (χ3v) is 3.20. The van der Waals surface area contributed by atoms with Crippen molar-refractivity contribution in [3.63, 3.8) is 0 Å². The van der Waals surface area contributed by atoms with E-state index in [1.165, 1.54) is 11.1 Å². The first-order chi connectivity index (χ1) is 9.65. The second kappa shape index (κ2) is 8.66. The first-order valence-corrected chi connectivity index (χ1v) is 6.75. The van der Waals surface area contributed by atoms with Gasteiger partial charge in [0.2, 0.25) is 0 Å². The number of rotatable bonds is 5. The fourth-order valence-electron chi connectivity index (χ4n) is 1.88. The predicted molar refractivity (Wildman–Crippen MR) is 98.3 cm³/mol. The van der Waals surface area contributed by atoms with Gasteiger partial charge in [0.05, 0.1) is 6.33 Å². The average molecular weight is 399 g/mol. The molecule has 21 heavy (non-hydrogen) atoms. The van der Waals surface area contributed by atoms with Crippen molar-refractivity contribution in [3.05, 3.63) is 48.0 Å². The number of hydrogen-bond donors (Lipinski definition) is 2. The molecule has 0 atom stereocenters. The van der Waals surface area contributed by atoms with Gasteiger partial charge in [0.25, 0.3) is 0 Å². The maximum absolute atomic E-state index is 5.87. The summed E-state index contributed by atoms with van der Waals surface area (Å²) in [4.78, 5) is 8.32. The number of nitrogens with two attached hydrogens (primary N) is 1. The van der Waals surface area contributed by atoms with Crippen LogP contribution in [0.1, 0.15) is 17.5 Å². The van der Waals surface area contributed by atoms with Gasteiger partial charge in [-0.1, -0.05) is 6.07 Å². The quantitative estimate of drug-likeness (QED) is 0.352. The van der Waals surface area contributed by atoms with Crippen LogP contribution in [0.2, 0.25) is 0 Å². The number of nitrogens with one attached hydrogen (secondary N) is 1. The fraction of sp³-hybridized carbons (Fsp3) is 0.333. The van der Waals surface area contributed by atoms with Crippen molar-refractivity contribution >= 4 is 35.6 Å². The summed E-state index contributed by atoms with van der Waals surface area (Å²) < 4.78 is 2.03. The lowest BCUT2D eigenvalue weighted by molar-refractivity contribution is 0.650. The minimum absolute atomic E-state index is 0. The molecular weight excluding hydrogens is 377 g/mol. The number of imidazole rings is 1. The minimum atomic E-state index is 0. The number of aromatic nitrogens is 2. The molecule has 0 amide bonds. The lowest BCUT2D eigenvalue weighted by atomic mass is 10.1. The molecule has 1 aromatic carbocycles. The van der Waals surface area contributed by atoms with Crippen LogP contribution in [0.15, 0.2) is 41.9 Å². The lowest BCUT2D eigenvalue weighted by Gasteiger charge is -2.08. The van der Waals surface area contributed by atoms with Gasteiger partial charge >= 0.3 is 0 Å².